The molecule has 1 heterocycles. The van der Waals surface area contributed by atoms with Gasteiger partial charge in [0.2, 0.25) is 0 Å². The first kappa shape index (κ1) is 10.9. The van der Waals surface area contributed by atoms with Gasteiger partial charge < -0.3 is 0 Å². The Morgan fingerprint density at radius 3 is 2.38 bits per heavy atom. The van der Waals surface area contributed by atoms with E-state index in [1.54, 1.807) is 6.92 Å². The van der Waals surface area contributed by atoms with Gasteiger partial charge in [0.1, 0.15) is 0 Å². The lowest BCUT2D eigenvalue weighted by atomic mass is 10.0. The van der Waals surface area contributed by atoms with Crippen molar-refractivity contribution in [3.05, 3.63) is 0 Å². The average Bonchev–Trinajstić information content (AvgIpc) is 2.05. The molecule has 0 aromatic rings. The maximum Gasteiger partial charge on any atom is 0.279 e. The summed E-state index contributed by atoms with van der Waals surface area (Å²) < 4.78 is 27.1. The Morgan fingerprint density at radius 2 is 1.92 bits per heavy atom. The summed E-state index contributed by atoms with van der Waals surface area (Å²) in [5.74, 6) is 0.660. The van der Waals surface area contributed by atoms with E-state index in [1.165, 1.54) is 4.31 Å². The van der Waals surface area contributed by atoms with Crippen molar-refractivity contribution in [1.82, 2.24) is 9.03 Å². The molecule has 0 atom stereocenters. The van der Waals surface area contributed by atoms with Crippen LogP contribution in [-0.2, 0) is 10.2 Å². The summed E-state index contributed by atoms with van der Waals surface area (Å²) in [6.07, 6.45) is 1.95. The van der Waals surface area contributed by atoms with Crippen LogP contribution in [0, 0.1) is 5.92 Å². The quantitative estimate of drug-likeness (QED) is 0.734. The fraction of sp³-hybridized carbons (Fsp3) is 1.00. The molecule has 0 bridgehead atoms. The van der Waals surface area contributed by atoms with Gasteiger partial charge in [-0.3, -0.25) is 0 Å². The molecular formula is C8H18N2O2S. The van der Waals surface area contributed by atoms with Crippen LogP contribution in [0.5, 0.6) is 0 Å². The van der Waals surface area contributed by atoms with Crippen molar-refractivity contribution in [1.29, 1.82) is 0 Å². The second-order valence-electron chi connectivity index (χ2n) is 3.58. The van der Waals surface area contributed by atoms with Crippen LogP contribution in [0.3, 0.4) is 0 Å². The van der Waals surface area contributed by atoms with Gasteiger partial charge >= 0.3 is 0 Å². The third-order valence-electron chi connectivity index (χ3n) is 2.41. The Balaban J connectivity index is 2.53. The molecular weight excluding hydrogens is 188 g/mol. The molecule has 1 N–H and O–H groups in total. The number of hydrogen-bond donors (Lipinski definition) is 1. The highest BCUT2D eigenvalue weighted by atomic mass is 32.2. The Labute approximate surface area is 80.5 Å². The monoisotopic (exact) mass is 206 g/mol. The van der Waals surface area contributed by atoms with Crippen LogP contribution < -0.4 is 4.72 Å². The normalized spacial score (nSPS) is 22.0. The molecule has 4 nitrogen and oxygen atoms in total. The summed E-state index contributed by atoms with van der Waals surface area (Å²) in [7, 11) is -3.17. The number of hydrogen-bond acceptors (Lipinski definition) is 2. The van der Waals surface area contributed by atoms with Crippen LogP contribution in [0.1, 0.15) is 26.7 Å². The van der Waals surface area contributed by atoms with Gasteiger partial charge in [-0.2, -0.15) is 12.7 Å². The minimum Gasteiger partial charge on any atom is -0.202 e. The Hall–Kier alpha value is -0.130. The van der Waals surface area contributed by atoms with Crippen molar-refractivity contribution < 1.29 is 8.42 Å². The molecule has 0 aromatic heterocycles. The van der Waals surface area contributed by atoms with E-state index >= 15 is 0 Å². The molecule has 1 saturated heterocycles. The highest BCUT2D eigenvalue weighted by Gasteiger charge is 2.25. The van der Waals surface area contributed by atoms with E-state index in [2.05, 4.69) is 11.6 Å². The first-order valence-electron chi connectivity index (χ1n) is 4.81. The maximum absolute atomic E-state index is 11.5. The summed E-state index contributed by atoms with van der Waals surface area (Å²) >= 11 is 0. The van der Waals surface area contributed by atoms with Gasteiger partial charge in [-0.05, 0) is 18.8 Å². The van der Waals surface area contributed by atoms with Gasteiger partial charge in [0, 0.05) is 19.6 Å². The molecule has 0 unspecified atom stereocenters. The van der Waals surface area contributed by atoms with E-state index in [4.69, 9.17) is 0 Å². The highest BCUT2D eigenvalue weighted by molar-refractivity contribution is 7.87. The first-order chi connectivity index (χ1) is 6.06. The lowest BCUT2D eigenvalue weighted by Gasteiger charge is -2.29. The third-order valence-corrected chi connectivity index (χ3v) is 4.11. The van der Waals surface area contributed by atoms with Gasteiger partial charge in [-0.1, -0.05) is 13.8 Å². The first-order valence-corrected chi connectivity index (χ1v) is 6.25. The number of piperidine rings is 1. The zero-order valence-electron chi connectivity index (χ0n) is 8.28. The molecule has 5 heteroatoms. The van der Waals surface area contributed by atoms with E-state index in [0.717, 1.165) is 12.8 Å². The molecule has 13 heavy (non-hydrogen) atoms. The predicted molar refractivity (Wildman–Crippen MR) is 52.6 cm³/mol. The summed E-state index contributed by atoms with van der Waals surface area (Å²) in [5, 5.41) is 0. The molecule has 1 aliphatic rings. The van der Waals surface area contributed by atoms with Crippen molar-refractivity contribution in [2.24, 2.45) is 5.92 Å². The molecule has 0 aliphatic carbocycles. The summed E-state index contributed by atoms with van der Waals surface area (Å²) in [6.45, 7) is 5.75. The van der Waals surface area contributed by atoms with E-state index < -0.39 is 10.2 Å². The van der Waals surface area contributed by atoms with E-state index in [9.17, 15) is 8.42 Å². The molecule has 0 aromatic carbocycles. The third kappa shape index (κ3) is 2.93. The smallest absolute Gasteiger partial charge is 0.202 e. The average molecular weight is 206 g/mol. The highest BCUT2D eigenvalue weighted by Crippen LogP contribution is 2.17. The SMILES string of the molecule is CCNS(=O)(=O)N1CCC(C)CC1. The molecule has 1 aliphatic heterocycles. The maximum atomic E-state index is 11.5. The fourth-order valence-electron chi connectivity index (χ4n) is 1.50. The predicted octanol–water partition coefficient (Wildman–Crippen LogP) is 0.573. The van der Waals surface area contributed by atoms with Gasteiger partial charge in [0.25, 0.3) is 10.2 Å². The summed E-state index contributed by atoms with van der Waals surface area (Å²) in [5.41, 5.74) is 0. The molecule has 0 spiro atoms. The minimum atomic E-state index is -3.17. The van der Waals surface area contributed by atoms with Crippen molar-refractivity contribution >= 4 is 10.2 Å². The second-order valence-corrected chi connectivity index (χ2v) is 5.34. The number of rotatable bonds is 3. The standard InChI is InChI=1S/C8H18N2O2S/c1-3-9-13(11,12)10-6-4-8(2)5-7-10/h8-9H,3-7H2,1-2H3. The van der Waals surface area contributed by atoms with Gasteiger partial charge in [0.05, 0.1) is 0 Å². The van der Waals surface area contributed by atoms with Crippen LogP contribution >= 0.6 is 0 Å². The summed E-state index contributed by atoms with van der Waals surface area (Å²) in [6, 6.07) is 0. The Bertz CT molecular complexity index is 243. The van der Waals surface area contributed by atoms with Crippen molar-refractivity contribution in [3.63, 3.8) is 0 Å². The molecule has 0 amide bonds. The van der Waals surface area contributed by atoms with Crippen LogP contribution in [-0.4, -0.2) is 32.4 Å². The van der Waals surface area contributed by atoms with Gasteiger partial charge in [-0.25, -0.2) is 4.72 Å². The van der Waals surface area contributed by atoms with Crippen LogP contribution in [0.2, 0.25) is 0 Å². The van der Waals surface area contributed by atoms with Crippen molar-refractivity contribution in [3.8, 4) is 0 Å². The number of nitrogens with one attached hydrogen (secondary N) is 1. The molecule has 1 rings (SSSR count). The largest absolute Gasteiger partial charge is 0.279 e. The van der Waals surface area contributed by atoms with Crippen LogP contribution in [0.4, 0.5) is 0 Å². The Morgan fingerprint density at radius 1 is 1.38 bits per heavy atom. The van der Waals surface area contributed by atoms with Gasteiger partial charge in [0.15, 0.2) is 0 Å². The topological polar surface area (TPSA) is 49.4 Å². The number of nitrogens with zero attached hydrogens (tertiary/aromatic N) is 1. The fourth-order valence-corrected chi connectivity index (χ4v) is 2.74. The zero-order chi connectivity index (χ0) is 9.90. The minimum absolute atomic E-state index is 0.467. The second kappa shape index (κ2) is 4.39. The zero-order valence-corrected chi connectivity index (χ0v) is 9.10. The molecule has 1 fully saturated rings. The lowest BCUT2D eigenvalue weighted by molar-refractivity contribution is 0.285. The van der Waals surface area contributed by atoms with Gasteiger partial charge in [-0.15, -0.1) is 0 Å². The molecule has 0 saturated carbocycles. The Kier molecular flexibility index (Phi) is 3.70. The van der Waals surface area contributed by atoms with E-state index in [-0.39, 0.29) is 0 Å². The summed E-state index contributed by atoms with van der Waals surface area (Å²) in [4.78, 5) is 0. The van der Waals surface area contributed by atoms with Crippen molar-refractivity contribution in [2.75, 3.05) is 19.6 Å². The molecule has 78 valence electrons. The van der Waals surface area contributed by atoms with Crippen LogP contribution in [0.25, 0.3) is 0 Å². The van der Waals surface area contributed by atoms with Crippen LogP contribution in [0.15, 0.2) is 0 Å². The lowest BCUT2D eigenvalue weighted by Crippen LogP contribution is -2.44. The van der Waals surface area contributed by atoms with E-state index in [0.29, 0.717) is 25.6 Å². The van der Waals surface area contributed by atoms with E-state index in [1.807, 2.05) is 0 Å². The van der Waals surface area contributed by atoms with Crippen molar-refractivity contribution in [2.45, 2.75) is 26.7 Å². The molecule has 0 radical (unpaired) electrons.